The van der Waals surface area contributed by atoms with Crippen LogP contribution in [-0.4, -0.2) is 35.8 Å². The normalized spacial score (nSPS) is 14.7. The Labute approximate surface area is 127 Å². The molecule has 11 heteroatoms. The number of ether oxygens (including phenoxy) is 3. The molecule has 0 saturated heterocycles. The Kier molecular flexibility index (Phi) is 6.57. The second-order valence-corrected chi connectivity index (χ2v) is 4.46. The zero-order valence-electron chi connectivity index (χ0n) is 11.1. The molecule has 0 rings (SSSR count). The number of hydrogen-bond donors (Lipinski definition) is 1. The summed E-state index contributed by atoms with van der Waals surface area (Å²) in [7, 11) is 0. The lowest BCUT2D eigenvalue weighted by molar-refractivity contribution is -0.358. The first-order valence-corrected chi connectivity index (χ1v) is 5.73. The van der Waals surface area contributed by atoms with Gasteiger partial charge in [0.05, 0.1) is 6.26 Å². The first-order chi connectivity index (χ1) is 9.77. The smallest absolute Gasteiger partial charge is 0.430 e. The van der Waals surface area contributed by atoms with Gasteiger partial charge in [0.25, 0.3) is 0 Å². The van der Waals surface area contributed by atoms with Gasteiger partial charge in [0.15, 0.2) is 0 Å². The average molecular weight is 350 g/mol. The Morgan fingerprint density at radius 2 is 1.73 bits per heavy atom. The number of alkyl halides is 5. The molecule has 1 unspecified atom stereocenters. The zero-order chi connectivity index (χ0) is 17.8. The fourth-order valence-corrected chi connectivity index (χ4v) is 1.01. The van der Waals surface area contributed by atoms with Crippen LogP contribution >= 0.6 is 12.6 Å². The van der Waals surface area contributed by atoms with Crippen molar-refractivity contribution in [2.45, 2.75) is 24.1 Å². The molecule has 0 aliphatic carbocycles. The molecule has 0 heterocycles. The van der Waals surface area contributed by atoms with Crippen LogP contribution in [0.25, 0.3) is 0 Å². The summed E-state index contributed by atoms with van der Waals surface area (Å²) in [6.07, 6.45) is -5.45. The topological polar surface area (TPSA) is 61.8 Å². The van der Waals surface area contributed by atoms with Crippen molar-refractivity contribution in [2.24, 2.45) is 0 Å². The Balaban J connectivity index is 5.82. The summed E-state index contributed by atoms with van der Waals surface area (Å²) in [5.74, 6) is -8.44. The highest BCUT2D eigenvalue weighted by atomic mass is 32.1. The van der Waals surface area contributed by atoms with Gasteiger partial charge in [-0.15, -0.1) is 12.6 Å². The maximum Gasteiger partial charge on any atom is 0.468 e. The van der Waals surface area contributed by atoms with Crippen LogP contribution in [0.3, 0.4) is 0 Å². The van der Waals surface area contributed by atoms with E-state index in [0.717, 1.165) is 6.92 Å². The minimum atomic E-state index is -5.72. The molecule has 0 N–H and O–H groups in total. The third-order valence-corrected chi connectivity index (χ3v) is 2.00. The SMILES string of the molecule is C=COC(=O)C(OCC(F)(F)S)(OC(=O)C(=C)C)C(F)(F)F. The summed E-state index contributed by atoms with van der Waals surface area (Å²) in [6, 6.07) is 0. The lowest BCUT2D eigenvalue weighted by Crippen LogP contribution is -2.58. The number of rotatable bonds is 7. The molecule has 0 fully saturated rings. The van der Waals surface area contributed by atoms with Crippen molar-refractivity contribution in [3.05, 3.63) is 25.0 Å². The number of thiol groups is 1. The maximum atomic E-state index is 13.1. The van der Waals surface area contributed by atoms with Crippen molar-refractivity contribution in [3.8, 4) is 0 Å². The standard InChI is InChI=1S/C11H11F5O5S/c1-4-19-8(18)10(11(14,15)16,20-5-9(12,13)22)21-7(17)6(2)3/h4,22H,1-2,5H2,3H3. The van der Waals surface area contributed by atoms with Crippen LogP contribution in [0.2, 0.25) is 0 Å². The Morgan fingerprint density at radius 1 is 1.23 bits per heavy atom. The van der Waals surface area contributed by atoms with E-state index in [4.69, 9.17) is 0 Å². The summed E-state index contributed by atoms with van der Waals surface area (Å²) in [5.41, 5.74) is -0.540. The van der Waals surface area contributed by atoms with Crippen LogP contribution < -0.4 is 0 Å². The van der Waals surface area contributed by atoms with Gasteiger partial charge < -0.3 is 14.2 Å². The van der Waals surface area contributed by atoms with Crippen LogP contribution in [-0.2, 0) is 23.8 Å². The summed E-state index contributed by atoms with van der Waals surface area (Å²) >= 11 is 2.66. The van der Waals surface area contributed by atoms with Crippen LogP contribution in [0.5, 0.6) is 0 Å². The molecule has 0 saturated carbocycles. The second-order valence-electron chi connectivity index (χ2n) is 3.81. The molecule has 126 valence electrons. The first-order valence-electron chi connectivity index (χ1n) is 5.28. The monoisotopic (exact) mass is 350 g/mol. The van der Waals surface area contributed by atoms with E-state index >= 15 is 0 Å². The molecule has 0 aromatic heterocycles. The van der Waals surface area contributed by atoms with Crippen LogP contribution in [0.4, 0.5) is 22.0 Å². The van der Waals surface area contributed by atoms with Gasteiger partial charge in [-0.25, -0.2) is 9.59 Å². The van der Waals surface area contributed by atoms with Crippen molar-refractivity contribution >= 4 is 24.6 Å². The third kappa shape index (κ3) is 5.30. The van der Waals surface area contributed by atoms with Crippen molar-refractivity contribution in [2.75, 3.05) is 6.61 Å². The number of halogens is 5. The molecule has 0 aliphatic rings. The fourth-order valence-electron chi connectivity index (χ4n) is 0.945. The van der Waals surface area contributed by atoms with Gasteiger partial charge in [-0.05, 0) is 6.92 Å². The molecule has 0 bridgehead atoms. The molecule has 0 radical (unpaired) electrons. The molecular weight excluding hydrogens is 339 g/mol. The summed E-state index contributed by atoms with van der Waals surface area (Å²) in [4.78, 5) is 22.8. The van der Waals surface area contributed by atoms with Gasteiger partial charge in [-0.3, -0.25) is 0 Å². The van der Waals surface area contributed by atoms with E-state index in [0.29, 0.717) is 0 Å². The van der Waals surface area contributed by atoms with Gasteiger partial charge in [-0.2, -0.15) is 22.0 Å². The zero-order valence-corrected chi connectivity index (χ0v) is 12.0. The minimum Gasteiger partial charge on any atom is -0.430 e. The van der Waals surface area contributed by atoms with Gasteiger partial charge in [0, 0.05) is 5.57 Å². The van der Waals surface area contributed by atoms with E-state index in [-0.39, 0.29) is 6.26 Å². The Bertz CT molecular complexity index is 470. The molecular formula is C11H11F5O5S. The lowest BCUT2D eigenvalue weighted by Gasteiger charge is -2.32. The number of hydrogen-bond acceptors (Lipinski definition) is 6. The highest BCUT2D eigenvalue weighted by Gasteiger charge is 2.68. The van der Waals surface area contributed by atoms with E-state index in [9.17, 15) is 31.5 Å². The van der Waals surface area contributed by atoms with E-state index < -0.39 is 41.3 Å². The van der Waals surface area contributed by atoms with E-state index in [1.807, 2.05) is 0 Å². The Morgan fingerprint density at radius 3 is 2.05 bits per heavy atom. The quantitative estimate of drug-likeness (QED) is 0.191. The van der Waals surface area contributed by atoms with Crippen molar-refractivity contribution in [1.29, 1.82) is 0 Å². The highest BCUT2D eigenvalue weighted by Crippen LogP contribution is 2.38. The summed E-state index contributed by atoms with van der Waals surface area (Å²) in [6.45, 7) is 4.81. The van der Waals surface area contributed by atoms with Gasteiger partial charge in [-0.1, -0.05) is 13.2 Å². The highest BCUT2D eigenvalue weighted by molar-refractivity contribution is 7.81. The molecule has 0 aliphatic heterocycles. The minimum absolute atomic E-state index is 0.277. The number of carbonyl (C=O) groups is 2. The van der Waals surface area contributed by atoms with E-state index in [1.165, 1.54) is 0 Å². The van der Waals surface area contributed by atoms with E-state index in [1.54, 1.807) is 0 Å². The van der Waals surface area contributed by atoms with Gasteiger partial charge >= 0.3 is 29.2 Å². The van der Waals surface area contributed by atoms with Gasteiger partial charge in [0.2, 0.25) is 0 Å². The molecule has 0 spiro atoms. The van der Waals surface area contributed by atoms with Crippen LogP contribution in [0, 0.1) is 0 Å². The maximum absolute atomic E-state index is 13.1. The fraction of sp³-hybridized carbons (Fsp3) is 0.455. The predicted molar refractivity (Wildman–Crippen MR) is 65.9 cm³/mol. The number of esters is 2. The van der Waals surface area contributed by atoms with Gasteiger partial charge in [0.1, 0.15) is 6.61 Å². The summed E-state index contributed by atoms with van der Waals surface area (Å²) in [5, 5.41) is -4.04. The Hall–Kier alpha value is -1.62. The van der Waals surface area contributed by atoms with Crippen molar-refractivity contribution in [3.63, 3.8) is 0 Å². The lowest BCUT2D eigenvalue weighted by atomic mass is 10.2. The molecule has 0 aromatic rings. The molecule has 0 aromatic carbocycles. The van der Waals surface area contributed by atoms with Crippen LogP contribution in [0.15, 0.2) is 25.0 Å². The largest absolute Gasteiger partial charge is 0.468 e. The van der Waals surface area contributed by atoms with Crippen LogP contribution in [0.1, 0.15) is 6.92 Å². The molecule has 1 atom stereocenters. The van der Waals surface area contributed by atoms with E-state index in [2.05, 4.69) is 40.0 Å². The molecule has 5 nitrogen and oxygen atoms in total. The molecule has 22 heavy (non-hydrogen) atoms. The van der Waals surface area contributed by atoms with Crippen molar-refractivity contribution in [1.82, 2.24) is 0 Å². The third-order valence-electron chi connectivity index (χ3n) is 1.87. The second kappa shape index (κ2) is 7.09. The average Bonchev–Trinajstić information content (AvgIpc) is 2.31. The van der Waals surface area contributed by atoms with Crippen molar-refractivity contribution < 1.29 is 45.8 Å². The number of carbonyl (C=O) groups excluding carboxylic acids is 2. The molecule has 0 amide bonds. The first kappa shape index (κ1) is 20.4. The predicted octanol–water partition coefficient (Wildman–Crippen LogP) is 2.59. The summed E-state index contributed by atoms with van der Waals surface area (Å²) < 4.78 is 76.2.